The van der Waals surface area contributed by atoms with Crippen molar-refractivity contribution in [2.75, 3.05) is 0 Å². The first kappa shape index (κ1) is 15.4. The summed E-state index contributed by atoms with van der Waals surface area (Å²) < 4.78 is 2.12. The lowest BCUT2D eigenvalue weighted by molar-refractivity contribution is 0.0955. The highest BCUT2D eigenvalue weighted by molar-refractivity contribution is 7.12. The number of amides is 1. The molecule has 0 bridgehead atoms. The Bertz CT molecular complexity index is 878. The van der Waals surface area contributed by atoms with Gasteiger partial charge in [-0.25, -0.2) is 10.4 Å². The number of hydrogen-bond donors (Lipinski definition) is 1. The van der Waals surface area contributed by atoms with Gasteiger partial charge in [0.25, 0.3) is 5.91 Å². The van der Waals surface area contributed by atoms with Crippen LogP contribution in [0.2, 0.25) is 0 Å². The van der Waals surface area contributed by atoms with Crippen LogP contribution in [0.5, 0.6) is 0 Å². The van der Waals surface area contributed by atoms with Crippen LogP contribution in [0.25, 0.3) is 11.0 Å². The molecule has 0 saturated carbocycles. The maximum atomic E-state index is 12.3. The van der Waals surface area contributed by atoms with E-state index in [1.54, 1.807) is 23.5 Å². The van der Waals surface area contributed by atoms with Gasteiger partial charge in [0, 0.05) is 17.0 Å². The molecule has 0 aliphatic carbocycles. The highest BCUT2D eigenvalue weighted by Crippen LogP contribution is 2.18. The molecule has 1 aromatic carbocycles. The van der Waals surface area contributed by atoms with Crippen LogP contribution in [-0.4, -0.2) is 21.2 Å². The van der Waals surface area contributed by atoms with Crippen molar-refractivity contribution in [2.24, 2.45) is 5.10 Å². The summed E-state index contributed by atoms with van der Waals surface area (Å²) in [5, 5.41) is 6.15. The Kier molecular flexibility index (Phi) is 4.25. The van der Waals surface area contributed by atoms with E-state index in [1.807, 2.05) is 37.4 Å². The van der Waals surface area contributed by atoms with E-state index in [1.165, 1.54) is 0 Å². The molecule has 3 aromatic rings. The Morgan fingerprint density at radius 1 is 1.39 bits per heavy atom. The molecule has 3 rings (SSSR count). The van der Waals surface area contributed by atoms with E-state index in [0.29, 0.717) is 5.56 Å². The summed E-state index contributed by atoms with van der Waals surface area (Å²) in [5.74, 6) is 0.720. The smallest absolute Gasteiger partial charge is 0.271 e. The van der Waals surface area contributed by atoms with Gasteiger partial charge < -0.3 is 4.57 Å². The van der Waals surface area contributed by atoms with E-state index in [0.717, 1.165) is 34.0 Å². The molecule has 2 heterocycles. The molecular weight excluding hydrogens is 308 g/mol. The van der Waals surface area contributed by atoms with E-state index in [2.05, 4.69) is 27.0 Å². The Balaban J connectivity index is 1.82. The van der Waals surface area contributed by atoms with Crippen molar-refractivity contribution < 1.29 is 4.79 Å². The summed E-state index contributed by atoms with van der Waals surface area (Å²) in [7, 11) is 0. The summed E-state index contributed by atoms with van der Waals surface area (Å²) in [6.07, 6.45) is 0. The zero-order valence-corrected chi connectivity index (χ0v) is 14.1. The molecule has 0 fully saturated rings. The van der Waals surface area contributed by atoms with Crippen molar-refractivity contribution in [2.45, 2.75) is 27.3 Å². The van der Waals surface area contributed by atoms with Crippen LogP contribution in [0.4, 0.5) is 0 Å². The van der Waals surface area contributed by atoms with Gasteiger partial charge in [0.1, 0.15) is 5.82 Å². The summed E-state index contributed by atoms with van der Waals surface area (Å²) in [6, 6.07) is 9.48. The minimum absolute atomic E-state index is 0.230. The number of nitrogens with zero attached hydrogens (tertiary/aromatic N) is 3. The van der Waals surface area contributed by atoms with Crippen molar-refractivity contribution >= 4 is 34.0 Å². The molecule has 0 aliphatic rings. The molecule has 0 atom stereocenters. The summed E-state index contributed by atoms with van der Waals surface area (Å²) in [6.45, 7) is 6.79. The van der Waals surface area contributed by atoms with Gasteiger partial charge >= 0.3 is 0 Å². The molecule has 118 valence electrons. The molecule has 0 radical (unpaired) electrons. The van der Waals surface area contributed by atoms with Gasteiger partial charge in [-0.15, -0.1) is 11.3 Å². The molecule has 0 saturated heterocycles. The number of hydrazone groups is 1. The van der Waals surface area contributed by atoms with Crippen LogP contribution in [0.3, 0.4) is 0 Å². The third kappa shape index (κ3) is 3.03. The first-order valence-electron chi connectivity index (χ1n) is 7.45. The van der Waals surface area contributed by atoms with Gasteiger partial charge in [-0.2, -0.15) is 5.10 Å². The summed E-state index contributed by atoms with van der Waals surface area (Å²) in [5.41, 5.74) is 5.83. The van der Waals surface area contributed by atoms with Gasteiger partial charge in [0.15, 0.2) is 0 Å². The topological polar surface area (TPSA) is 59.3 Å². The van der Waals surface area contributed by atoms with Crippen LogP contribution in [-0.2, 0) is 6.54 Å². The van der Waals surface area contributed by atoms with Crippen molar-refractivity contribution in [3.8, 4) is 0 Å². The highest BCUT2D eigenvalue weighted by atomic mass is 32.1. The number of aryl methyl sites for hydroxylation is 2. The molecular formula is C17H18N4OS. The number of nitrogens with one attached hydrogen (secondary N) is 1. The van der Waals surface area contributed by atoms with E-state index in [9.17, 15) is 4.79 Å². The standard InChI is InChI=1S/C17H18N4OS/c1-4-21-12(3)18-14-10-13(7-8-15(14)21)17(22)20-19-11(2)16-6-5-9-23-16/h5-10H,4H2,1-3H3,(H,20,22)/b19-11+. The van der Waals surface area contributed by atoms with Gasteiger partial charge in [0.2, 0.25) is 0 Å². The fraction of sp³-hybridized carbons (Fsp3) is 0.235. The predicted octanol–water partition coefficient (Wildman–Crippen LogP) is 3.58. The second-order valence-corrected chi connectivity index (χ2v) is 6.17. The average molecular weight is 326 g/mol. The maximum Gasteiger partial charge on any atom is 0.271 e. The third-order valence-electron chi connectivity index (χ3n) is 3.72. The van der Waals surface area contributed by atoms with Crippen LogP contribution >= 0.6 is 11.3 Å². The molecule has 1 N–H and O–H groups in total. The SMILES string of the molecule is CCn1c(C)nc2cc(C(=O)N/N=C(\C)c3cccs3)ccc21. The number of benzene rings is 1. The molecule has 5 nitrogen and oxygen atoms in total. The Hall–Kier alpha value is -2.47. The minimum atomic E-state index is -0.230. The van der Waals surface area contributed by atoms with Gasteiger partial charge in [-0.3, -0.25) is 4.79 Å². The van der Waals surface area contributed by atoms with Crippen molar-refractivity contribution in [1.82, 2.24) is 15.0 Å². The zero-order valence-electron chi connectivity index (χ0n) is 13.3. The number of carbonyl (C=O) groups is 1. The van der Waals surface area contributed by atoms with Crippen LogP contribution in [0.1, 0.15) is 34.9 Å². The lowest BCUT2D eigenvalue weighted by Gasteiger charge is -2.03. The Labute approximate surface area is 138 Å². The van der Waals surface area contributed by atoms with E-state index >= 15 is 0 Å². The number of imidazole rings is 1. The van der Waals surface area contributed by atoms with Crippen molar-refractivity contribution in [3.63, 3.8) is 0 Å². The number of fused-ring (bicyclic) bond motifs is 1. The van der Waals surface area contributed by atoms with Crippen molar-refractivity contribution in [1.29, 1.82) is 0 Å². The number of hydrogen-bond acceptors (Lipinski definition) is 4. The number of carbonyl (C=O) groups excluding carboxylic acids is 1. The van der Waals surface area contributed by atoms with Gasteiger partial charge in [-0.05, 0) is 50.4 Å². The number of thiophene rings is 1. The van der Waals surface area contributed by atoms with Crippen LogP contribution in [0.15, 0.2) is 40.8 Å². The quantitative estimate of drug-likeness (QED) is 0.588. The molecule has 6 heteroatoms. The van der Waals surface area contributed by atoms with Gasteiger partial charge in [0.05, 0.1) is 16.7 Å². The minimum Gasteiger partial charge on any atom is -0.329 e. The molecule has 0 unspecified atom stereocenters. The molecule has 2 aromatic heterocycles. The van der Waals surface area contributed by atoms with Crippen LogP contribution < -0.4 is 5.43 Å². The maximum absolute atomic E-state index is 12.3. The normalized spacial score (nSPS) is 11.9. The van der Waals surface area contributed by atoms with E-state index < -0.39 is 0 Å². The number of aromatic nitrogens is 2. The molecule has 23 heavy (non-hydrogen) atoms. The summed E-state index contributed by atoms with van der Waals surface area (Å²) in [4.78, 5) is 17.8. The number of rotatable bonds is 4. The largest absolute Gasteiger partial charge is 0.329 e. The van der Waals surface area contributed by atoms with Gasteiger partial charge in [-0.1, -0.05) is 6.07 Å². The molecule has 0 spiro atoms. The lowest BCUT2D eigenvalue weighted by Crippen LogP contribution is -2.19. The predicted molar refractivity (Wildman–Crippen MR) is 94.1 cm³/mol. The van der Waals surface area contributed by atoms with Crippen molar-refractivity contribution in [3.05, 3.63) is 52.0 Å². The average Bonchev–Trinajstić information content (AvgIpc) is 3.18. The molecule has 0 aliphatic heterocycles. The Morgan fingerprint density at radius 3 is 2.91 bits per heavy atom. The third-order valence-corrected chi connectivity index (χ3v) is 4.70. The highest BCUT2D eigenvalue weighted by Gasteiger charge is 2.10. The van der Waals surface area contributed by atoms with E-state index in [4.69, 9.17) is 0 Å². The first-order chi connectivity index (χ1) is 11.1. The fourth-order valence-corrected chi connectivity index (χ4v) is 3.21. The van der Waals surface area contributed by atoms with E-state index in [-0.39, 0.29) is 5.91 Å². The monoisotopic (exact) mass is 326 g/mol. The first-order valence-corrected chi connectivity index (χ1v) is 8.33. The molecule has 1 amide bonds. The summed E-state index contributed by atoms with van der Waals surface area (Å²) >= 11 is 1.59. The second-order valence-electron chi connectivity index (χ2n) is 5.22. The fourth-order valence-electron chi connectivity index (χ4n) is 2.53. The zero-order chi connectivity index (χ0) is 16.4. The van der Waals surface area contributed by atoms with Crippen LogP contribution in [0, 0.1) is 6.92 Å². The lowest BCUT2D eigenvalue weighted by atomic mass is 10.2. The second kappa shape index (κ2) is 6.34. The Morgan fingerprint density at radius 2 is 2.22 bits per heavy atom.